The molecule has 2 rings (SSSR count). The molecule has 0 aliphatic heterocycles. The van der Waals surface area contributed by atoms with Gasteiger partial charge < -0.3 is 15.2 Å². The van der Waals surface area contributed by atoms with E-state index in [4.69, 9.17) is 5.73 Å². The maximum atomic E-state index is 12.3. The third-order valence-electron chi connectivity index (χ3n) is 3.09. The molecule has 0 aliphatic carbocycles. The molecule has 0 atom stereocenters. The molecule has 5 heteroatoms. The van der Waals surface area contributed by atoms with Gasteiger partial charge in [0.25, 0.3) is 5.91 Å². The zero-order chi connectivity index (χ0) is 14.5. The van der Waals surface area contributed by atoms with Crippen molar-refractivity contribution in [2.75, 3.05) is 13.6 Å². The number of amides is 1. The highest BCUT2D eigenvalue weighted by Gasteiger charge is 2.14. The fourth-order valence-corrected chi connectivity index (χ4v) is 2.09. The number of aryl methyl sites for hydroxylation is 1. The smallest absolute Gasteiger partial charge is 0.274 e. The Morgan fingerprint density at radius 1 is 1.45 bits per heavy atom. The second kappa shape index (κ2) is 6.34. The molecule has 0 unspecified atom stereocenters. The van der Waals surface area contributed by atoms with E-state index in [0.717, 1.165) is 5.56 Å². The highest BCUT2D eigenvalue weighted by Crippen LogP contribution is 2.09. The molecule has 0 bridgehead atoms. The van der Waals surface area contributed by atoms with Crippen LogP contribution in [0.4, 0.5) is 0 Å². The average molecular weight is 272 g/mol. The Bertz CT molecular complexity index is 591. The number of nitrogens with zero attached hydrogens (tertiary/aromatic N) is 3. The number of carbonyl (C=O) groups is 1. The Kier molecular flexibility index (Phi) is 4.53. The molecule has 5 nitrogen and oxygen atoms in total. The number of aromatic nitrogens is 2. The van der Waals surface area contributed by atoms with Crippen molar-refractivity contribution in [3.05, 3.63) is 53.6 Å². The molecule has 0 fully saturated rings. The maximum absolute atomic E-state index is 12.3. The lowest BCUT2D eigenvalue weighted by atomic mass is 10.1. The molecule has 1 amide bonds. The van der Waals surface area contributed by atoms with Crippen LogP contribution in [0.5, 0.6) is 0 Å². The van der Waals surface area contributed by atoms with E-state index < -0.39 is 0 Å². The second-order valence-corrected chi connectivity index (χ2v) is 4.94. The maximum Gasteiger partial charge on any atom is 0.274 e. The van der Waals surface area contributed by atoms with E-state index in [9.17, 15) is 4.79 Å². The fraction of sp³-hybridized carbons (Fsp3) is 0.333. The van der Waals surface area contributed by atoms with E-state index in [0.29, 0.717) is 25.3 Å². The van der Waals surface area contributed by atoms with Gasteiger partial charge in [0, 0.05) is 32.9 Å². The van der Waals surface area contributed by atoms with Gasteiger partial charge in [0.2, 0.25) is 0 Å². The minimum atomic E-state index is -0.0812. The lowest BCUT2D eigenvalue weighted by Crippen LogP contribution is -2.26. The standard InChI is InChI=1S/C15H20N4O/c1-12-4-3-5-13(8-12)9-18(2)15(20)14-10-19(7-6-16)11-17-14/h3-5,8,10-11H,6-7,9,16H2,1-2H3. The number of benzene rings is 1. The Morgan fingerprint density at radius 2 is 2.25 bits per heavy atom. The summed E-state index contributed by atoms with van der Waals surface area (Å²) in [4.78, 5) is 18.1. The summed E-state index contributed by atoms with van der Waals surface area (Å²) < 4.78 is 1.83. The zero-order valence-electron chi connectivity index (χ0n) is 11.9. The predicted molar refractivity (Wildman–Crippen MR) is 78.3 cm³/mol. The van der Waals surface area contributed by atoms with Crippen molar-refractivity contribution in [1.82, 2.24) is 14.5 Å². The normalized spacial score (nSPS) is 10.6. The van der Waals surface area contributed by atoms with Crippen LogP contribution in [0.2, 0.25) is 0 Å². The monoisotopic (exact) mass is 272 g/mol. The number of hydrogen-bond acceptors (Lipinski definition) is 3. The van der Waals surface area contributed by atoms with Gasteiger partial charge >= 0.3 is 0 Å². The van der Waals surface area contributed by atoms with Gasteiger partial charge in [-0.15, -0.1) is 0 Å². The van der Waals surface area contributed by atoms with Gasteiger partial charge in [-0.05, 0) is 12.5 Å². The van der Waals surface area contributed by atoms with Crippen molar-refractivity contribution in [3.8, 4) is 0 Å². The van der Waals surface area contributed by atoms with Crippen molar-refractivity contribution in [2.24, 2.45) is 5.73 Å². The highest BCUT2D eigenvalue weighted by molar-refractivity contribution is 5.91. The largest absolute Gasteiger partial charge is 0.336 e. The van der Waals surface area contributed by atoms with Gasteiger partial charge in [-0.25, -0.2) is 4.98 Å². The molecule has 106 valence electrons. The van der Waals surface area contributed by atoms with E-state index in [1.165, 1.54) is 5.56 Å². The summed E-state index contributed by atoms with van der Waals surface area (Å²) in [5, 5.41) is 0. The van der Waals surface area contributed by atoms with Gasteiger partial charge in [-0.1, -0.05) is 29.8 Å². The lowest BCUT2D eigenvalue weighted by molar-refractivity contribution is 0.0779. The third kappa shape index (κ3) is 3.45. The van der Waals surface area contributed by atoms with Crippen molar-refractivity contribution < 1.29 is 4.79 Å². The summed E-state index contributed by atoms with van der Waals surface area (Å²) in [5.41, 5.74) is 8.23. The van der Waals surface area contributed by atoms with Crippen molar-refractivity contribution >= 4 is 5.91 Å². The van der Waals surface area contributed by atoms with Crippen molar-refractivity contribution in [1.29, 1.82) is 0 Å². The van der Waals surface area contributed by atoms with E-state index >= 15 is 0 Å². The second-order valence-electron chi connectivity index (χ2n) is 4.94. The molecule has 1 heterocycles. The number of imidazole rings is 1. The van der Waals surface area contributed by atoms with Gasteiger partial charge in [-0.3, -0.25) is 4.79 Å². The van der Waals surface area contributed by atoms with Crippen LogP contribution in [-0.2, 0) is 13.1 Å². The molecule has 0 saturated carbocycles. The van der Waals surface area contributed by atoms with Gasteiger partial charge in [-0.2, -0.15) is 0 Å². The molecule has 0 spiro atoms. The van der Waals surface area contributed by atoms with E-state index in [2.05, 4.69) is 11.1 Å². The minimum absolute atomic E-state index is 0.0812. The van der Waals surface area contributed by atoms with Gasteiger partial charge in [0.05, 0.1) is 6.33 Å². The van der Waals surface area contributed by atoms with Crippen LogP contribution in [0.15, 0.2) is 36.8 Å². The van der Waals surface area contributed by atoms with E-state index in [-0.39, 0.29) is 5.91 Å². The topological polar surface area (TPSA) is 64.2 Å². The SMILES string of the molecule is Cc1cccc(CN(C)C(=O)c2cn(CCN)cn2)c1. The Labute approximate surface area is 119 Å². The molecule has 0 radical (unpaired) electrons. The summed E-state index contributed by atoms with van der Waals surface area (Å²) in [6.45, 7) is 3.81. The summed E-state index contributed by atoms with van der Waals surface area (Å²) >= 11 is 0. The molecule has 2 N–H and O–H groups in total. The lowest BCUT2D eigenvalue weighted by Gasteiger charge is -2.16. The predicted octanol–water partition coefficient (Wildman–Crippen LogP) is 1.42. The summed E-state index contributed by atoms with van der Waals surface area (Å²) in [6, 6.07) is 8.14. The third-order valence-corrected chi connectivity index (χ3v) is 3.09. The summed E-state index contributed by atoms with van der Waals surface area (Å²) in [5.74, 6) is -0.0812. The average Bonchev–Trinajstić information content (AvgIpc) is 2.87. The quantitative estimate of drug-likeness (QED) is 0.895. The molecular formula is C15H20N4O. The van der Waals surface area contributed by atoms with Crippen LogP contribution in [0.25, 0.3) is 0 Å². The first-order valence-corrected chi connectivity index (χ1v) is 6.63. The fourth-order valence-electron chi connectivity index (χ4n) is 2.09. The van der Waals surface area contributed by atoms with Crippen LogP contribution in [0.3, 0.4) is 0 Å². The van der Waals surface area contributed by atoms with Crippen molar-refractivity contribution in [2.45, 2.75) is 20.0 Å². The van der Waals surface area contributed by atoms with Crippen molar-refractivity contribution in [3.63, 3.8) is 0 Å². The number of rotatable bonds is 5. The van der Waals surface area contributed by atoms with Gasteiger partial charge in [0.1, 0.15) is 5.69 Å². The summed E-state index contributed by atoms with van der Waals surface area (Å²) in [7, 11) is 1.78. The van der Waals surface area contributed by atoms with E-state index in [1.54, 1.807) is 24.5 Å². The number of nitrogens with two attached hydrogens (primary N) is 1. The Hall–Kier alpha value is -2.14. The van der Waals surface area contributed by atoms with Crippen LogP contribution >= 0.6 is 0 Å². The number of hydrogen-bond donors (Lipinski definition) is 1. The first kappa shape index (κ1) is 14.3. The molecule has 0 aliphatic rings. The highest BCUT2D eigenvalue weighted by atomic mass is 16.2. The molecular weight excluding hydrogens is 252 g/mol. The van der Waals surface area contributed by atoms with Crippen LogP contribution in [0, 0.1) is 6.92 Å². The minimum Gasteiger partial charge on any atom is -0.336 e. The van der Waals surface area contributed by atoms with Crippen LogP contribution in [0.1, 0.15) is 21.6 Å². The molecule has 20 heavy (non-hydrogen) atoms. The molecule has 2 aromatic rings. The Morgan fingerprint density at radius 3 is 2.95 bits per heavy atom. The molecule has 0 saturated heterocycles. The summed E-state index contributed by atoms with van der Waals surface area (Å²) in [6.07, 6.45) is 3.38. The van der Waals surface area contributed by atoms with Gasteiger partial charge in [0.15, 0.2) is 0 Å². The Balaban J connectivity index is 2.04. The molecule has 1 aromatic carbocycles. The first-order chi connectivity index (χ1) is 9.60. The molecule has 1 aromatic heterocycles. The van der Waals surface area contributed by atoms with Crippen LogP contribution < -0.4 is 5.73 Å². The zero-order valence-corrected chi connectivity index (χ0v) is 11.9. The first-order valence-electron chi connectivity index (χ1n) is 6.63. The van der Waals surface area contributed by atoms with Crippen LogP contribution in [-0.4, -0.2) is 34.0 Å². The number of carbonyl (C=O) groups excluding carboxylic acids is 1. The van der Waals surface area contributed by atoms with E-state index in [1.807, 2.05) is 29.7 Å².